The molecule has 0 radical (unpaired) electrons. The van der Waals surface area contributed by atoms with Crippen molar-refractivity contribution in [2.75, 3.05) is 18.4 Å². The van der Waals surface area contributed by atoms with Gasteiger partial charge in [0, 0.05) is 18.7 Å². The normalized spacial score (nSPS) is 16.0. The number of carbonyl (C=O) groups excluding carboxylic acids is 2. The second kappa shape index (κ2) is 14.2. The van der Waals surface area contributed by atoms with Crippen molar-refractivity contribution in [1.29, 1.82) is 0 Å². The number of anilines is 2. The van der Waals surface area contributed by atoms with Gasteiger partial charge in [-0.25, -0.2) is 23.9 Å². The van der Waals surface area contributed by atoms with Crippen molar-refractivity contribution in [3.8, 4) is 17.6 Å². The minimum atomic E-state index is -0.693. The minimum absolute atomic E-state index is 0.175. The molecule has 13 heteroatoms. The van der Waals surface area contributed by atoms with E-state index >= 15 is 0 Å². The number of nitrogens with one attached hydrogen (secondary N) is 2. The lowest BCUT2D eigenvalue weighted by molar-refractivity contribution is 0.0230. The summed E-state index contributed by atoms with van der Waals surface area (Å²) in [5, 5.41) is 6.27. The number of thiophene rings is 1. The fourth-order valence-electron chi connectivity index (χ4n) is 4.66. The molecule has 1 saturated heterocycles. The van der Waals surface area contributed by atoms with Crippen LogP contribution in [0.1, 0.15) is 44.6 Å². The van der Waals surface area contributed by atoms with Crippen LogP contribution in [0.4, 0.5) is 25.5 Å². The van der Waals surface area contributed by atoms with Crippen LogP contribution < -0.4 is 15.4 Å². The number of aromatic nitrogens is 2. The molecule has 46 heavy (non-hydrogen) atoms. The number of ether oxygens (including phenoxy) is 3. The SMILES string of the molecule is CCNC(=O)O[C@@H]1C[C@@H](C#Cc2cc3ncnc(Nc4ccc(OCc5cccc(F)c5)c(Cl)c4)c3s2)N(C(=O)OC(C)(C)C)C1. The number of halogens is 2. The topological polar surface area (TPSA) is 115 Å². The fraction of sp³-hybridized carbons (Fsp3) is 0.333. The van der Waals surface area contributed by atoms with Gasteiger partial charge in [-0.3, -0.25) is 4.90 Å². The standard InChI is InChI=1S/C33H33ClFN5O5S/c1-5-36-31(41)44-24-15-23(40(17-24)32(42)45-33(2,3)4)10-11-25-16-27-29(46-25)30(38-19-37-27)39-22-9-12-28(26(34)14-22)43-18-20-7-6-8-21(35)13-20/h6-9,12-14,16,19,23-24H,5,15,17-18H2,1-4H3,(H,36,41)(H,37,38,39)/t23-,24-/m1/s1. The lowest BCUT2D eigenvalue weighted by Crippen LogP contribution is -2.40. The quantitative estimate of drug-likeness (QED) is 0.198. The summed E-state index contributed by atoms with van der Waals surface area (Å²) in [6, 6.07) is 12.8. The Balaban J connectivity index is 1.31. The number of nitrogens with zero attached hydrogens (tertiary/aromatic N) is 3. The summed E-state index contributed by atoms with van der Waals surface area (Å²) < 4.78 is 31.1. The molecule has 0 unspecified atom stereocenters. The highest BCUT2D eigenvalue weighted by Gasteiger charge is 2.38. The number of fused-ring (bicyclic) bond motifs is 1. The van der Waals surface area contributed by atoms with Gasteiger partial charge in [0.05, 0.1) is 26.7 Å². The second-order valence-corrected chi connectivity index (χ2v) is 12.9. The Morgan fingerprint density at radius 3 is 2.74 bits per heavy atom. The van der Waals surface area contributed by atoms with Crippen molar-refractivity contribution in [2.24, 2.45) is 0 Å². The molecular formula is C33H33ClFN5O5S. The summed E-state index contributed by atoms with van der Waals surface area (Å²) in [5.74, 6) is 7.04. The van der Waals surface area contributed by atoms with Gasteiger partial charge in [0.15, 0.2) is 5.82 Å². The highest BCUT2D eigenvalue weighted by Crippen LogP contribution is 2.34. The maximum atomic E-state index is 13.5. The van der Waals surface area contributed by atoms with Crippen LogP contribution in [0, 0.1) is 17.7 Å². The van der Waals surface area contributed by atoms with Crippen LogP contribution in [0.2, 0.25) is 5.02 Å². The molecule has 0 aliphatic carbocycles. The van der Waals surface area contributed by atoms with E-state index in [-0.39, 0.29) is 19.0 Å². The first-order valence-corrected chi connectivity index (χ1v) is 15.8. The molecule has 240 valence electrons. The van der Waals surface area contributed by atoms with Gasteiger partial charge in [0.25, 0.3) is 0 Å². The summed E-state index contributed by atoms with van der Waals surface area (Å²) in [5.41, 5.74) is 1.37. The number of hydrogen-bond donors (Lipinski definition) is 2. The molecule has 10 nitrogen and oxygen atoms in total. The number of likely N-dealkylation sites (tertiary alicyclic amines) is 1. The van der Waals surface area contributed by atoms with E-state index in [1.54, 1.807) is 58.0 Å². The van der Waals surface area contributed by atoms with Gasteiger partial charge >= 0.3 is 12.2 Å². The molecule has 0 bridgehead atoms. The molecule has 1 fully saturated rings. The molecule has 3 heterocycles. The number of amides is 2. The molecule has 2 atom stereocenters. The molecule has 1 aliphatic rings. The van der Waals surface area contributed by atoms with E-state index in [1.165, 1.54) is 34.7 Å². The number of hydrogen-bond acceptors (Lipinski definition) is 9. The first-order chi connectivity index (χ1) is 22.0. The van der Waals surface area contributed by atoms with Crippen molar-refractivity contribution >= 4 is 56.8 Å². The van der Waals surface area contributed by atoms with Crippen LogP contribution in [0.5, 0.6) is 5.75 Å². The second-order valence-electron chi connectivity index (χ2n) is 11.4. The smallest absolute Gasteiger partial charge is 0.411 e. The molecule has 2 amide bonds. The summed E-state index contributed by atoms with van der Waals surface area (Å²) in [6.45, 7) is 7.95. The maximum absolute atomic E-state index is 13.5. The highest BCUT2D eigenvalue weighted by atomic mass is 35.5. The Labute approximate surface area is 275 Å². The molecule has 2 N–H and O–H groups in total. The van der Waals surface area contributed by atoms with Crippen LogP contribution in [-0.2, 0) is 16.1 Å². The molecule has 4 aromatic rings. The molecule has 0 saturated carbocycles. The maximum Gasteiger partial charge on any atom is 0.411 e. The first-order valence-electron chi connectivity index (χ1n) is 14.6. The van der Waals surface area contributed by atoms with Gasteiger partial charge < -0.3 is 24.8 Å². The predicted octanol–water partition coefficient (Wildman–Crippen LogP) is 7.28. The molecule has 2 aromatic carbocycles. The summed E-state index contributed by atoms with van der Waals surface area (Å²) in [7, 11) is 0. The van der Waals surface area contributed by atoms with Crippen LogP contribution in [-0.4, -0.2) is 57.9 Å². The Hall–Kier alpha value is -4.60. The van der Waals surface area contributed by atoms with Crippen molar-refractivity contribution in [1.82, 2.24) is 20.2 Å². The number of carbonyl (C=O) groups is 2. The van der Waals surface area contributed by atoms with E-state index in [0.717, 1.165) is 9.58 Å². The average molecular weight is 666 g/mol. The lowest BCUT2D eigenvalue weighted by atomic mass is 10.2. The van der Waals surface area contributed by atoms with E-state index in [0.29, 0.717) is 46.3 Å². The van der Waals surface area contributed by atoms with Crippen LogP contribution >= 0.6 is 22.9 Å². The van der Waals surface area contributed by atoms with Gasteiger partial charge in [-0.15, -0.1) is 11.3 Å². The van der Waals surface area contributed by atoms with Crippen molar-refractivity contribution in [3.63, 3.8) is 0 Å². The van der Waals surface area contributed by atoms with Crippen molar-refractivity contribution in [2.45, 2.75) is 58.5 Å². The highest BCUT2D eigenvalue weighted by molar-refractivity contribution is 7.20. The summed E-state index contributed by atoms with van der Waals surface area (Å²) >= 11 is 7.89. The minimum Gasteiger partial charge on any atom is -0.487 e. The van der Waals surface area contributed by atoms with Gasteiger partial charge in [0.1, 0.15) is 42.2 Å². The molecule has 2 aromatic heterocycles. The van der Waals surface area contributed by atoms with Gasteiger partial charge in [0.2, 0.25) is 0 Å². The van der Waals surface area contributed by atoms with Gasteiger partial charge in [-0.05, 0) is 69.7 Å². The average Bonchev–Trinajstić information content (AvgIpc) is 3.59. The van der Waals surface area contributed by atoms with E-state index < -0.39 is 29.9 Å². The fourth-order valence-corrected chi connectivity index (χ4v) is 5.81. The molecule has 0 spiro atoms. The Bertz CT molecular complexity index is 1800. The third-order valence-electron chi connectivity index (χ3n) is 6.64. The van der Waals surface area contributed by atoms with E-state index in [1.807, 2.05) is 6.07 Å². The molecular weight excluding hydrogens is 633 g/mol. The van der Waals surface area contributed by atoms with Gasteiger partial charge in [-0.1, -0.05) is 35.6 Å². The summed E-state index contributed by atoms with van der Waals surface area (Å²) in [4.78, 5) is 36.0. The number of rotatable bonds is 7. The third kappa shape index (κ3) is 8.56. The van der Waals surface area contributed by atoms with E-state index in [4.69, 9.17) is 25.8 Å². The zero-order valence-electron chi connectivity index (χ0n) is 25.7. The van der Waals surface area contributed by atoms with Crippen molar-refractivity contribution in [3.05, 3.63) is 76.1 Å². The number of alkyl carbamates (subject to hydrolysis) is 1. The Morgan fingerprint density at radius 1 is 1.17 bits per heavy atom. The predicted molar refractivity (Wildman–Crippen MR) is 175 cm³/mol. The van der Waals surface area contributed by atoms with Crippen LogP contribution in [0.25, 0.3) is 10.2 Å². The zero-order valence-corrected chi connectivity index (χ0v) is 27.3. The monoisotopic (exact) mass is 665 g/mol. The summed E-state index contributed by atoms with van der Waals surface area (Å²) in [6.07, 6.45) is 0.223. The van der Waals surface area contributed by atoms with Gasteiger partial charge in [-0.2, -0.15) is 0 Å². The number of benzene rings is 2. The third-order valence-corrected chi connectivity index (χ3v) is 7.98. The zero-order chi connectivity index (χ0) is 32.8. The first kappa shape index (κ1) is 32.8. The van der Waals surface area contributed by atoms with Crippen LogP contribution in [0.15, 0.2) is 54.9 Å². The lowest BCUT2D eigenvalue weighted by Gasteiger charge is -2.26. The Morgan fingerprint density at radius 2 is 2.00 bits per heavy atom. The Kier molecular flexibility index (Phi) is 10.1. The molecule has 1 aliphatic heterocycles. The molecule has 5 rings (SSSR count). The van der Waals surface area contributed by atoms with E-state index in [9.17, 15) is 14.0 Å². The van der Waals surface area contributed by atoms with E-state index in [2.05, 4.69) is 32.4 Å². The van der Waals surface area contributed by atoms with Crippen molar-refractivity contribution < 1.29 is 28.2 Å². The van der Waals surface area contributed by atoms with Crippen LogP contribution in [0.3, 0.4) is 0 Å². The largest absolute Gasteiger partial charge is 0.487 e.